The molecule has 1 aliphatic carbocycles. The Hall–Kier alpha value is -2.14. The second kappa shape index (κ2) is 6.96. The van der Waals surface area contributed by atoms with E-state index in [-0.39, 0.29) is 12.5 Å². The number of hydrogen-bond acceptors (Lipinski definition) is 4. The first-order valence-electron chi connectivity index (χ1n) is 8.10. The van der Waals surface area contributed by atoms with E-state index >= 15 is 0 Å². The van der Waals surface area contributed by atoms with E-state index in [1.54, 1.807) is 0 Å². The average molecular weight is 315 g/mol. The van der Waals surface area contributed by atoms with Gasteiger partial charge in [-0.2, -0.15) is 0 Å². The molecule has 1 heterocycles. The molecule has 122 valence electrons. The van der Waals surface area contributed by atoms with Crippen LogP contribution in [0.4, 0.5) is 0 Å². The number of aliphatic carboxylic acids is 1. The average Bonchev–Trinajstić information content (AvgIpc) is 2.55. The highest BCUT2D eigenvalue weighted by Gasteiger charge is 2.40. The summed E-state index contributed by atoms with van der Waals surface area (Å²) in [4.78, 5) is 29.3. The highest BCUT2D eigenvalue weighted by molar-refractivity contribution is 5.76. The van der Waals surface area contributed by atoms with Gasteiger partial charge in [-0.25, -0.2) is 4.79 Å². The largest absolute Gasteiger partial charge is 0.480 e. The molecule has 1 saturated carbocycles. The predicted octanol–water partition coefficient (Wildman–Crippen LogP) is 2.72. The first-order chi connectivity index (χ1) is 11.1. The number of rotatable bonds is 4. The number of carboxylic acids is 1. The number of carboxylic acid groups (broad SMARTS) is 1. The lowest BCUT2D eigenvalue weighted by atomic mass is 9.85. The van der Waals surface area contributed by atoms with Gasteiger partial charge in [0.2, 0.25) is 0 Å². The lowest BCUT2D eigenvalue weighted by Crippen LogP contribution is -2.52. The molecule has 1 aliphatic heterocycles. The highest BCUT2D eigenvalue weighted by atomic mass is 16.7. The lowest BCUT2D eigenvalue weighted by molar-refractivity contribution is -0.218. The zero-order valence-electron chi connectivity index (χ0n) is 13.0. The molecule has 1 aromatic carbocycles. The molecule has 0 bridgehead atoms. The van der Waals surface area contributed by atoms with E-state index in [1.165, 1.54) is 10.6 Å². The summed E-state index contributed by atoms with van der Waals surface area (Å²) in [5.41, 5.74) is 2.07. The molecule has 0 radical (unpaired) electrons. The number of fused-ring (bicyclic) bond motifs is 1. The molecule has 0 spiro atoms. The van der Waals surface area contributed by atoms with Gasteiger partial charge < -0.3 is 9.94 Å². The molecule has 23 heavy (non-hydrogen) atoms. The summed E-state index contributed by atoms with van der Waals surface area (Å²) in [7, 11) is 0. The van der Waals surface area contributed by atoms with Crippen LogP contribution in [-0.4, -0.2) is 34.2 Å². The normalized spacial score (nSPS) is 24.4. The van der Waals surface area contributed by atoms with E-state index < -0.39 is 18.0 Å². The Morgan fingerprint density at radius 1 is 1.22 bits per heavy atom. The SMILES string of the molecule is O=C(Cc1ccccc1)ON1[C@H](C(=O)O)CC=C2CCCC[C@@H]21. The molecular weight excluding hydrogens is 294 g/mol. The Bertz CT molecular complexity index is 611. The van der Waals surface area contributed by atoms with Crippen LogP contribution in [0.3, 0.4) is 0 Å². The predicted molar refractivity (Wildman–Crippen MR) is 84.5 cm³/mol. The molecule has 1 fully saturated rings. The first-order valence-corrected chi connectivity index (χ1v) is 8.10. The zero-order valence-corrected chi connectivity index (χ0v) is 13.0. The van der Waals surface area contributed by atoms with Crippen molar-refractivity contribution in [2.45, 2.75) is 50.6 Å². The fourth-order valence-corrected chi connectivity index (χ4v) is 3.38. The van der Waals surface area contributed by atoms with Crippen LogP contribution in [0.15, 0.2) is 42.0 Å². The Labute approximate surface area is 135 Å². The van der Waals surface area contributed by atoms with Gasteiger partial charge in [0.25, 0.3) is 0 Å². The number of carbonyl (C=O) groups excluding carboxylic acids is 1. The Morgan fingerprint density at radius 2 is 2.00 bits per heavy atom. The minimum Gasteiger partial charge on any atom is -0.480 e. The van der Waals surface area contributed by atoms with Crippen molar-refractivity contribution >= 4 is 11.9 Å². The van der Waals surface area contributed by atoms with Gasteiger partial charge in [-0.3, -0.25) is 4.79 Å². The molecule has 0 unspecified atom stereocenters. The molecular formula is C18H21NO4. The van der Waals surface area contributed by atoms with Crippen molar-refractivity contribution in [1.29, 1.82) is 0 Å². The van der Waals surface area contributed by atoms with E-state index in [4.69, 9.17) is 4.84 Å². The second-order valence-electron chi connectivity index (χ2n) is 6.12. The fraction of sp³-hybridized carbons (Fsp3) is 0.444. The standard InChI is InChI=1S/C18H21NO4/c20-17(12-13-6-2-1-3-7-13)23-19-15-9-5-4-8-14(15)10-11-16(19)18(21)22/h1-3,6-7,10,15-16H,4-5,8-9,11-12H2,(H,21,22)/t15-,16-/m0/s1. The Balaban J connectivity index is 1.73. The van der Waals surface area contributed by atoms with E-state index in [0.717, 1.165) is 31.2 Å². The van der Waals surface area contributed by atoms with Crippen LogP contribution in [0.2, 0.25) is 0 Å². The molecule has 0 aromatic heterocycles. The quantitative estimate of drug-likeness (QED) is 0.865. The summed E-state index contributed by atoms with van der Waals surface area (Å²) in [5.74, 6) is -1.35. The second-order valence-corrected chi connectivity index (χ2v) is 6.12. The van der Waals surface area contributed by atoms with Crippen LogP contribution in [0.25, 0.3) is 0 Å². The van der Waals surface area contributed by atoms with Crippen molar-refractivity contribution in [3.05, 3.63) is 47.5 Å². The van der Waals surface area contributed by atoms with Gasteiger partial charge >= 0.3 is 11.9 Å². The minimum atomic E-state index is -0.946. The van der Waals surface area contributed by atoms with E-state index in [0.29, 0.717) is 6.42 Å². The summed E-state index contributed by atoms with van der Waals surface area (Å²) >= 11 is 0. The van der Waals surface area contributed by atoms with Gasteiger partial charge in [0.1, 0.15) is 6.04 Å². The molecule has 1 aromatic rings. The molecule has 2 atom stereocenters. The maximum absolute atomic E-state index is 12.2. The van der Waals surface area contributed by atoms with Gasteiger partial charge in [-0.15, -0.1) is 5.06 Å². The van der Waals surface area contributed by atoms with Crippen LogP contribution in [0.1, 0.15) is 37.7 Å². The maximum atomic E-state index is 12.2. The van der Waals surface area contributed by atoms with Crippen LogP contribution < -0.4 is 0 Å². The summed E-state index contributed by atoms with van der Waals surface area (Å²) < 4.78 is 0. The van der Waals surface area contributed by atoms with Gasteiger partial charge in [0.05, 0.1) is 12.5 Å². The molecule has 1 N–H and O–H groups in total. The van der Waals surface area contributed by atoms with Crippen molar-refractivity contribution in [3.8, 4) is 0 Å². The number of hydrogen-bond donors (Lipinski definition) is 1. The van der Waals surface area contributed by atoms with E-state index in [2.05, 4.69) is 0 Å². The van der Waals surface area contributed by atoms with E-state index in [9.17, 15) is 14.7 Å². The molecule has 5 heteroatoms. The third-order valence-electron chi connectivity index (χ3n) is 4.52. The van der Waals surface area contributed by atoms with Gasteiger partial charge in [0.15, 0.2) is 0 Å². The maximum Gasteiger partial charge on any atom is 0.329 e. The Morgan fingerprint density at radius 3 is 2.74 bits per heavy atom. The van der Waals surface area contributed by atoms with Crippen molar-refractivity contribution in [2.24, 2.45) is 0 Å². The number of carbonyl (C=O) groups is 2. The first kappa shape index (κ1) is 15.7. The summed E-state index contributed by atoms with van der Waals surface area (Å²) in [5, 5.41) is 10.9. The summed E-state index contributed by atoms with van der Waals surface area (Å²) in [6.07, 6.45) is 6.50. The van der Waals surface area contributed by atoms with Gasteiger partial charge in [-0.05, 0) is 31.2 Å². The van der Waals surface area contributed by atoms with Gasteiger partial charge in [-0.1, -0.05) is 48.4 Å². The van der Waals surface area contributed by atoms with Crippen molar-refractivity contribution in [2.75, 3.05) is 0 Å². The summed E-state index contributed by atoms with van der Waals surface area (Å²) in [6.45, 7) is 0. The van der Waals surface area contributed by atoms with Crippen molar-refractivity contribution in [1.82, 2.24) is 5.06 Å². The molecule has 0 saturated heterocycles. The fourth-order valence-electron chi connectivity index (χ4n) is 3.38. The monoisotopic (exact) mass is 315 g/mol. The molecule has 0 amide bonds. The smallest absolute Gasteiger partial charge is 0.329 e. The Kier molecular flexibility index (Phi) is 4.76. The van der Waals surface area contributed by atoms with E-state index in [1.807, 2.05) is 36.4 Å². The van der Waals surface area contributed by atoms with Crippen molar-refractivity contribution in [3.63, 3.8) is 0 Å². The van der Waals surface area contributed by atoms with Crippen LogP contribution >= 0.6 is 0 Å². The number of hydroxylamine groups is 2. The molecule has 2 aliphatic rings. The van der Waals surface area contributed by atoms with Crippen LogP contribution in [-0.2, 0) is 20.8 Å². The lowest BCUT2D eigenvalue weighted by Gasteiger charge is -2.40. The zero-order chi connectivity index (χ0) is 16.2. The van der Waals surface area contributed by atoms with Crippen molar-refractivity contribution < 1.29 is 19.5 Å². The third-order valence-corrected chi connectivity index (χ3v) is 4.52. The minimum absolute atomic E-state index is 0.0849. The highest BCUT2D eigenvalue weighted by Crippen LogP contribution is 2.34. The number of nitrogens with zero attached hydrogens (tertiary/aromatic N) is 1. The molecule has 3 rings (SSSR count). The van der Waals surface area contributed by atoms with Crippen LogP contribution in [0, 0.1) is 0 Å². The number of benzene rings is 1. The third kappa shape index (κ3) is 3.62. The topological polar surface area (TPSA) is 66.8 Å². The van der Waals surface area contributed by atoms with Crippen LogP contribution in [0.5, 0.6) is 0 Å². The van der Waals surface area contributed by atoms with Gasteiger partial charge in [0, 0.05) is 0 Å². The summed E-state index contributed by atoms with van der Waals surface area (Å²) in [6, 6.07) is 8.46. The molecule has 5 nitrogen and oxygen atoms in total.